The van der Waals surface area contributed by atoms with Crippen LogP contribution in [0.25, 0.3) is 0 Å². The van der Waals surface area contributed by atoms with E-state index in [4.69, 9.17) is 11.6 Å². The van der Waals surface area contributed by atoms with E-state index in [0.29, 0.717) is 35.8 Å². The van der Waals surface area contributed by atoms with Crippen LogP contribution in [-0.4, -0.2) is 32.0 Å². The molecule has 0 aliphatic carbocycles. The summed E-state index contributed by atoms with van der Waals surface area (Å²) in [6.07, 6.45) is 0.341. The number of carbonyl (C=O) groups is 2. The summed E-state index contributed by atoms with van der Waals surface area (Å²) in [6.45, 7) is 2.92. The molecule has 19 heavy (non-hydrogen) atoms. The lowest BCUT2D eigenvalue weighted by atomic mass is 10.1. The molecule has 0 aromatic heterocycles. The molecule has 0 aliphatic rings. The minimum Gasteiger partial charge on any atom is -0.352 e. The first-order valence-corrected chi connectivity index (χ1v) is 6.48. The van der Waals surface area contributed by atoms with Crippen molar-refractivity contribution in [3.63, 3.8) is 0 Å². The minimum absolute atomic E-state index is 0.151. The van der Waals surface area contributed by atoms with Gasteiger partial charge in [-0.15, -0.1) is 0 Å². The second kappa shape index (κ2) is 7.76. The van der Waals surface area contributed by atoms with Crippen LogP contribution in [0.3, 0.4) is 0 Å². The standard InChI is InChI=1S/C13H18ClN3O2/c1-3-16-13(19)10-8-9(14)4-5-11(10)17-12(18)6-7-15-2/h4-5,8,15H,3,6-7H2,1-2H3,(H,16,19)(H,17,18). The summed E-state index contributed by atoms with van der Waals surface area (Å²) in [5, 5.41) is 8.74. The van der Waals surface area contributed by atoms with Gasteiger partial charge in [-0.05, 0) is 32.2 Å². The van der Waals surface area contributed by atoms with E-state index in [2.05, 4.69) is 16.0 Å². The predicted molar refractivity (Wildman–Crippen MR) is 76.6 cm³/mol. The maximum atomic E-state index is 11.9. The van der Waals surface area contributed by atoms with Crippen LogP contribution in [0.1, 0.15) is 23.7 Å². The van der Waals surface area contributed by atoms with Crippen molar-refractivity contribution < 1.29 is 9.59 Å². The average Bonchev–Trinajstić information content (AvgIpc) is 2.38. The van der Waals surface area contributed by atoms with E-state index in [1.807, 2.05) is 6.92 Å². The largest absolute Gasteiger partial charge is 0.352 e. The van der Waals surface area contributed by atoms with Gasteiger partial charge in [-0.2, -0.15) is 0 Å². The third-order valence-electron chi connectivity index (χ3n) is 2.44. The van der Waals surface area contributed by atoms with Crippen molar-refractivity contribution in [1.29, 1.82) is 0 Å². The second-order valence-electron chi connectivity index (χ2n) is 3.95. The first-order valence-electron chi connectivity index (χ1n) is 6.10. The molecule has 0 atom stereocenters. The fourth-order valence-electron chi connectivity index (χ4n) is 1.52. The fraction of sp³-hybridized carbons (Fsp3) is 0.385. The smallest absolute Gasteiger partial charge is 0.253 e. The van der Waals surface area contributed by atoms with Crippen molar-refractivity contribution in [3.8, 4) is 0 Å². The van der Waals surface area contributed by atoms with E-state index in [0.717, 1.165) is 0 Å². The van der Waals surface area contributed by atoms with Gasteiger partial charge in [0.15, 0.2) is 0 Å². The number of rotatable bonds is 6. The lowest BCUT2D eigenvalue weighted by Gasteiger charge is -2.11. The molecule has 6 heteroatoms. The van der Waals surface area contributed by atoms with Crippen molar-refractivity contribution in [2.75, 3.05) is 25.5 Å². The van der Waals surface area contributed by atoms with Crippen LogP contribution in [0.5, 0.6) is 0 Å². The molecule has 0 bridgehead atoms. The van der Waals surface area contributed by atoms with Crippen molar-refractivity contribution in [3.05, 3.63) is 28.8 Å². The number of nitrogens with one attached hydrogen (secondary N) is 3. The van der Waals surface area contributed by atoms with Crippen LogP contribution in [0.4, 0.5) is 5.69 Å². The summed E-state index contributed by atoms with van der Waals surface area (Å²) in [5.41, 5.74) is 0.837. The SMILES string of the molecule is CCNC(=O)c1cc(Cl)ccc1NC(=O)CCNC. The molecule has 0 aliphatic heterocycles. The van der Waals surface area contributed by atoms with Crippen molar-refractivity contribution in [2.45, 2.75) is 13.3 Å². The van der Waals surface area contributed by atoms with Crippen LogP contribution < -0.4 is 16.0 Å². The van der Waals surface area contributed by atoms with Crippen LogP contribution in [0.2, 0.25) is 5.02 Å². The summed E-state index contributed by atoms with van der Waals surface area (Å²) in [6, 6.07) is 4.81. The first-order chi connectivity index (χ1) is 9.08. The molecule has 0 unspecified atom stereocenters. The Morgan fingerprint density at radius 2 is 2.05 bits per heavy atom. The zero-order chi connectivity index (χ0) is 14.3. The van der Waals surface area contributed by atoms with Gasteiger partial charge in [0, 0.05) is 24.5 Å². The van der Waals surface area contributed by atoms with E-state index >= 15 is 0 Å². The first kappa shape index (κ1) is 15.5. The Labute approximate surface area is 117 Å². The molecule has 0 fully saturated rings. The molecule has 0 saturated carbocycles. The quantitative estimate of drug-likeness (QED) is 0.743. The summed E-state index contributed by atoms with van der Waals surface area (Å²) >= 11 is 5.88. The van der Waals surface area contributed by atoms with Crippen LogP contribution in [0, 0.1) is 0 Å². The number of benzene rings is 1. The van der Waals surface area contributed by atoms with Crippen LogP contribution in [0.15, 0.2) is 18.2 Å². The molecule has 0 saturated heterocycles. The molecular formula is C13H18ClN3O2. The van der Waals surface area contributed by atoms with Gasteiger partial charge in [0.25, 0.3) is 5.91 Å². The van der Waals surface area contributed by atoms with Gasteiger partial charge in [0.05, 0.1) is 11.3 Å². The van der Waals surface area contributed by atoms with Gasteiger partial charge in [-0.3, -0.25) is 9.59 Å². The normalized spacial score (nSPS) is 10.1. The summed E-state index contributed by atoms with van der Waals surface area (Å²) in [7, 11) is 1.77. The predicted octanol–water partition coefficient (Wildman–Crippen LogP) is 1.64. The Balaban J connectivity index is 2.87. The summed E-state index contributed by atoms with van der Waals surface area (Å²) < 4.78 is 0. The number of halogens is 1. The van der Waals surface area contributed by atoms with Gasteiger partial charge < -0.3 is 16.0 Å². The minimum atomic E-state index is -0.256. The van der Waals surface area contributed by atoms with Crippen molar-refractivity contribution in [2.24, 2.45) is 0 Å². The number of hydrogen-bond donors (Lipinski definition) is 3. The highest BCUT2D eigenvalue weighted by Crippen LogP contribution is 2.20. The molecule has 1 aromatic rings. The molecule has 104 valence electrons. The Bertz CT molecular complexity index is 463. The van der Waals surface area contributed by atoms with Crippen LogP contribution in [-0.2, 0) is 4.79 Å². The van der Waals surface area contributed by atoms with Gasteiger partial charge in [0.2, 0.25) is 5.91 Å². The third-order valence-corrected chi connectivity index (χ3v) is 2.67. The second-order valence-corrected chi connectivity index (χ2v) is 4.39. The van der Waals surface area contributed by atoms with Crippen molar-refractivity contribution >= 4 is 29.1 Å². The molecule has 0 spiro atoms. The highest BCUT2D eigenvalue weighted by molar-refractivity contribution is 6.31. The maximum Gasteiger partial charge on any atom is 0.253 e. The molecule has 5 nitrogen and oxygen atoms in total. The number of anilines is 1. The molecule has 0 heterocycles. The molecular weight excluding hydrogens is 266 g/mol. The summed E-state index contributed by atoms with van der Waals surface area (Å²) in [4.78, 5) is 23.6. The average molecular weight is 284 g/mol. The number of carbonyl (C=O) groups excluding carboxylic acids is 2. The maximum absolute atomic E-state index is 11.9. The topological polar surface area (TPSA) is 70.2 Å². The highest BCUT2D eigenvalue weighted by Gasteiger charge is 2.13. The highest BCUT2D eigenvalue weighted by atomic mass is 35.5. The Kier molecular flexibility index (Phi) is 6.32. The molecule has 2 amide bonds. The molecule has 1 rings (SSSR count). The Hall–Kier alpha value is -1.59. The number of amides is 2. The Morgan fingerprint density at radius 3 is 2.68 bits per heavy atom. The van der Waals surface area contributed by atoms with E-state index < -0.39 is 0 Å². The molecule has 0 radical (unpaired) electrons. The lowest BCUT2D eigenvalue weighted by Crippen LogP contribution is -2.25. The lowest BCUT2D eigenvalue weighted by molar-refractivity contribution is -0.116. The van der Waals surface area contributed by atoms with E-state index in [9.17, 15) is 9.59 Å². The zero-order valence-electron chi connectivity index (χ0n) is 11.0. The zero-order valence-corrected chi connectivity index (χ0v) is 11.8. The molecule has 1 aromatic carbocycles. The third kappa shape index (κ3) is 4.89. The van der Waals surface area contributed by atoms with Gasteiger partial charge >= 0.3 is 0 Å². The van der Waals surface area contributed by atoms with E-state index in [-0.39, 0.29) is 11.8 Å². The van der Waals surface area contributed by atoms with E-state index in [1.54, 1.807) is 25.2 Å². The van der Waals surface area contributed by atoms with Crippen molar-refractivity contribution in [1.82, 2.24) is 10.6 Å². The van der Waals surface area contributed by atoms with E-state index in [1.165, 1.54) is 0 Å². The van der Waals surface area contributed by atoms with Gasteiger partial charge in [-0.1, -0.05) is 11.6 Å². The monoisotopic (exact) mass is 283 g/mol. The fourth-order valence-corrected chi connectivity index (χ4v) is 1.69. The van der Waals surface area contributed by atoms with Crippen LogP contribution >= 0.6 is 11.6 Å². The van der Waals surface area contributed by atoms with Gasteiger partial charge in [0.1, 0.15) is 0 Å². The molecule has 3 N–H and O–H groups in total. The summed E-state index contributed by atoms with van der Waals surface area (Å²) in [5.74, 6) is -0.406. The van der Waals surface area contributed by atoms with Gasteiger partial charge in [-0.25, -0.2) is 0 Å². The Morgan fingerprint density at radius 1 is 1.32 bits per heavy atom. The number of hydrogen-bond acceptors (Lipinski definition) is 3.